The van der Waals surface area contributed by atoms with Gasteiger partial charge >= 0.3 is 0 Å². The standard InChI is InChI=1S/C28H43N3O2/c1-5-7-8-9-10-11-12-13-16-31-27(32)25(24-15-14-22(3)23(4)21-24)26(28(31)33)30-19-17-29(6-2)18-20-30/h14-15,21H,5-13,16-20H2,1-4H3. The molecule has 0 N–H and O–H groups in total. The predicted molar refractivity (Wildman–Crippen MR) is 136 cm³/mol. The summed E-state index contributed by atoms with van der Waals surface area (Å²) in [4.78, 5) is 33.1. The highest BCUT2D eigenvalue weighted by molar-refractivity contribution is 6.35. The second kappa shape index (κ2) is 12.4. The summed E-state index contributed by atoms with van der Waals surface area (Å²) < 4.78 is 0. The first-order valence-electron chi connectivity index (χ1n) is 13.1. The van der Waals surface area contributed by atoms with E-state index in [-0.39, 0.29) is 11.8 Å². The summed E-state index contributed by atoms with van der Waals surface area (Å²) in [7, 11) is 0. The van der Waals surface area contributed by atoms with Crippen LogP contribution in [-0.4, -0.2) is 65.8 Å². The van der Waals surface area contributed by atoms with E-state index < -0.39 is 0 Å². The van der Waals surface area contributed by atoms with E-state index in [2.05, 4.69) is 49.6 Å². The molecule has 182 valence electrons. The van der Waals surface area contributed by atoms with Gasteiger partial charge in [-0.15, -0.1) is 0 Å². The van der Waals surface area contributed by atoms with Gasteiger partial charge in [0.15, 0.2) is 0 Å². The number of carbonyl (C=O) groups excluding carboxylic acids is 2. The van der Waals surface area contributed by atoms with E-state index in [9.17, 15) is 9.59 Å². The van der Waals surface area contributed by atoms with Crippen molar-refractivity contribution in [2.24, 2.45) is 0 Å². The zero-order valence-corrected chi connectivity index (χ0v) is 21.3. The van der Waals surface area contributed by atoms with Crippen molar-refractivity contribution in [2.75, 3.05) is 39.3 Å². The molecule has 3 rings (SSSR count). The minimum atomic E-state index is -0.112. The Kier molecular flexibility index (Phi) is 9.54. The van der Waals surface area contributed by atoms with Gasteiger partial charge in [0.25, 0.3) is 11.8 Å². The van der Waals surface area contributed by atoms with Gasteiger partial charge in [0.2, 0.25) is 0 Å². The lowest BCUT2D eigenvalue weighted by molar-refractivity contribution is -0.137. The van der Waals surface area contributed by atoms with Crippen molar-refractivity contribution in [2.45, 2.75) is 79.1 Å². The Bertz CT molecular complexity index is 853. The van der Waals surface area contributed by atoms with Gasteiger partial charge in [-0.05, 0) is 43.5 Å². The molecule has 1 aromatic rings. The lowest BCUT2D eigenvalue weighted by atomic mass is 9.99. The molecule has 2 heterocycles. The molecule has 2 aliphatic rings. The highest BCUT2D eigenvalue weighted by Crippen LogP contribution is 2.33. The fourth-order valence-electron chi connectivity index (χ4n) is 4.91. The minimum Gasteiger partial charge on any atom is -0.364 e. The van der Waals surface area contributed by atoms with E-state index in [0.717, 1.165) is 56.7 Å². The third-order valence-corrected chi connectivity index (χ3v) is 7.31. The summed E-state index contributed by atoms with van der Waals surface area (Å²) in [5.74, 6) is -0.208. The topological polar surface area (TPSA) is 43.9 Å². The zero-order chi connectivity index (χ0) is 23.8. The van der Waals surface area contributed by atoms with Crippen molar-refractivity contribution in [1.29, 1.82) is 0 Å². The van der Waals surface area contributed by atoms with E-state index in [1.807, 2.05) is 6.07 Å². The first-order chi connectivity index (χ1) is 16.0. The third kappa shape index (κ3) is 6.26. The molecule has 33 heavy (non-hydrogen) atoms. The fourth-order valence-corrected chi connectivity index (χ4v) is 4.91. The quantitative estimate of drug-likeness (QED) is 0.324. The first-order valence-corrected chi connectivity index (χ1v) is 13.1. The van der Waals surface area contributed by atoms with Crippen LogP contribution in [0.4, 0.5) is 0 Å². The van der Waals surface area contributed by atoms with Crippen molar-refractivity contribution in [3.8, 4) is 0 Å². The van der Waals surface area contributed by atoms with E-state index in [1.54, 1.807) is 0 Å². The lowest BCUT2D eigenvalue weighted by Crippen LogP contribution is -2.47. The Morgan fingerprint density at radius 2 is 1.39 bits per heavy atom. The zero-order valence-electron chi connectivity index (χ0n) is 21.3. The molecule has 5 nitrogen and oxygen atoms in total. The van der Waals surface area contributed by atoms with Crippen molar-refractivity contribution in [3.05, 3.63) is 40.6 Å². The molecular weight excluding hydrogens is 410 g/mol. The minimum absolute atomic E-state index is 0.0962. The SMILES string of the molecule is CCCCCCCCCCN1C(=O)C(c2ccc(C)c(C)c2)=C(N2CCN(CC)CC2)C1=O. The Balaban J connectivity index is 1.71. The van der Waals surface area contributed by atoms with Gasteiger partial charge in [0.05, 0.1) is 5.57 Å². The van der Waals surface area contributed by atoms with Gasteiger partial charge in [0.1, 0.15) is 5.70 Å². The van der Waals surface area contributed by atoms with Crippen LogP contribution in [-0.2, 0) is 9.59 Å². The number of amides is 2. The summed E-state index contributed by atoms with van der Waals surface area (Å²) in [5.41, 5.74) is 4.45. The molecule has 0 spiro atoms. The molecule has 0 aromatic heterocycles. The Morgan fingerprint density at radius 1 is 0.758 bits per heavy atom. The molecule has 2 amide bonds. The van der Waals surface area contributed by atoms with E-state index >= 15 is 0 Å². The number of aryl methyl sites for hydroxylation is 2. The molecule has 0 unspecified atom stereocenters. The average Bonchev–Trinajstić information content (AvgIpc) is 3.07. The van der Waals surface area contributed by atoms with Crippen LogP contribution in [0, 0.1) is 13.8 Å². The molecular formula is C28H43N3O2. The normalized spacial score (nSPS) is 17.6. The molecule has 2 aliphatic heterocycles. The summed E-state index contributed by atoms with van der Waals surface area (Å²) in [5, 5.41) is 0. The number of benzene rings is 1. The van der Waals surface area contributed by atoms with Gasteiger partial charge in [-0.2, -0.15) is 0 Å². The number of piperazine rings is 1. The third-order valence-electron chi connectivity index (χ3n) is 7.31. The Hall–Kier alpha value is -2.14. The number of hydrogen-bond acceptors (Lipinski definition) is 4. The van der Waals surface area contributed by atoms with Gasteiger partial charge in [0, 0.05) is 32.7 Å². The molecule has 0 saturated carbocycles. The summed E-state index contributed by atoms with van der Waals surface area (Å²) >= 11 is 0. The maximum Gasteiger partial charge on any atom is 0.277 e. The maximum absolute atomic E-state index is 13.5. The van der Waals surface area contributed by atoms with Gasteiger partial charge in [-0.3, -0.25) is 14.5 Å². The van der Waals surface area contributed by atoms with Crippen LogP contribution in [0.3, 0.4) is 0 Å². The fraction of sp³-hybridized carbons (Fsp3) is 0.643. The molecule has 1 saturated heterocycles. The number of carbonyl (C=O) groups is 2. The van der Waals surface area contributed by atoms with Crippen LogP contribution in [0.2, 0.25) is 0 Å². The molecule has 0 aliphatic carbocycles. The number of hydrogen-bond donors (Lipinski definition) is 0. The lowest BCUT2D eigenvalue weighted by Gasteiger charge is -2.36. The van der Waals surface area contributed by atoms with Crippen molar-refractivity contribution in [1.82, 2.24) is 14.7 Å². The van der Waals surface area contributed by atoms with E-state index in [0.29, 0.717) is 17.8 Å². The smallest absolute Gasteiger partial charge is 0.277 e. The summed E-state index contributed by atoms with van der Waals surface area (Å²) in [6.07, 6.45) is 9.60. The maximum atomic E-state index is 13.5. The first kappa shape index (κ1) is 25.5. The van der Waals surface area contributed by atoms with Crippen LogP contribution in [0.15, 0.2) is 23.9 Å². The van der Waals surface area contributed by atoms with Crippen molar-refractivity contribution in [3.63, 3.8) is 0 Å². The largest absolute Gasteiger partial charge is 0.364 e. The number of unbranched alkanes of at least 4 members (excludes halogenated alkanes) is 7. The number of likely N-dealkylation sites (N-methyl/N-ethyl adjacent to an activating group) is 1. The summed E-state index contributed by atoms with van der Waals surface area (Å²) in [6.45, 7) is 13.6. The molecule has 1 aromatic carbocycles. The predicted octanol–water partition coefficient (Wildman–Crippen LogP) is 5.16. The highest BCUT2D eigenvalue weighted by atomic mass is 16.2. The van der Waals surface area contributed by atoms with Crippen LogP contribution in [0.1, 0.15) is 81.9 Å². The second-order valence-electron chi connectivity index (χ2n) is 9.68. The monoisotopic (exact) mass is 453 g/mol. The molecule has 1 fully saturated rings. The average molecular weight is 454 g/mol. The van der Waals surface area contributed by atoms with Crippen LogP contribution >= 0.6 is 0 Å². The number of rotatable bonds is 12. The van der Waals surface area contributed by atoms with Gasteiger partial charge < -0.3 is 9.80 Å². The summed E-state index contributed by atoms with van der Waals surface area (Å²) in [6, 6.07) is 6.13. The van der Waals surface area contributed by atoms with Crippen molar-refractivity contribution < 1.29 is 9.59 Å². The molecule has 5 heteroatoms. The molecule has 0 atom stereocenters. The Morgan fingerprint density at radius 3 is 2.00 bits per heavy atom. The van der Waals surface area contributed by atoms with Crippen LogP contribution in [0.5, 0.6) is 0 Å². The molecule has 0 radical (unpaired) electrons. The Labute approximate surface area is 200 Å². The number of imide groups is 1. The molecule has 0 bridgehead atoms. The van der Waals surface area contributed by atoms with Crippen molar-refractivity contribution >= 4 is 17.4 Å². The number of nitrogens with zero attached hydrogens (tertiary/aromatic N) is 3. The van der Waals surface area contributed by atoms with Gasteiger partial charge in [-0.25, -0.2) is 0 Å². The second-order valence-corrected chi connectivity index (χ2v) is 9.68. The van der Waals surface area contributed by atoms with Gasteiger partial charge in [-0.1, -0.05) is 77.0 Å². The highest BCUT2D eigenvalue weighted by Gasteiger charge is 2.41. The van der Waals surface area contributed by atoms with E-state index in [4.69, 9.17) is 0 Å². The van der Waals surface area contributed by atoms with E-state index in [1.165, 1.54) is 49.0 Å². The van der Waals surface area contributed by atoms with Crippen LogP contribution in [0.25, 0.3) is 5.57 Å². The van der Waals surface area contributed by atoms with Crippen LogP contribution < -0.4 is 0 Å².